The molecule has 1 heterocycles. The van der Waals surface area contributed by atoms with E-state index in [-0.39, 0.29) is 4.90 Å². The third-order valence-electron chi connectivity index (χ3n) is 3.91. The summed E-state index contributed by atoms with van der Waals surface area (Å²) in [6.45, 7) is 3.36. The van der Waals surface area contributed by atoms with Gasteiger partial charge in [-0.1, -0.05) is 35.9 Å². The van der Waals surface area contributed by atoms with Gasteiger partial charge in [-0.2, -0.15) is 4.72 Å². The van der Waals surface area contributed by atoms with Crippen LogP contribution in [0.1, 0.15) is 12.5 Å². The molecule has 0 fully saturated rings. The number of carbonyl (C=O) groups excluding carboxylic acids is 1. The van der Waals surface area contributed by atoms with E-state index in [4.69, 9.17) is 0 Å². The normalized spacial score (nSPS) is 12.7. The van der Waals surface area contributed by atoms with Gasteiger partial charge >= 0.3 is 0 Å². The number of nitrogens with zero attached hydrogens (tertiary/aromatic N) is 1. The average molecular weight is 369 g/mol. The van der Waals surface area contributed by atoms with Crippen LogP contribution in [0, 0.1) is 6.92 Å². The number of para-hydroxylation sites is 1. The standard InChI is InChI=1S/C19H19N3O3S/c1-13-7-10-16(11-8-13)26(24,25)22-14(2)19(23)21-18-12-9-15-5-3-4-6-17(15)20-18/h3-12,14,22H,1-2H3,(H,20,21,23). The highest BCUT2D eigenvalue weighted by Gasteiger charge is 2.22. The van der Waals surface area contributed by atoms with E-state index in [0.29, 0.717) is 5.82 Å². The van der Waals surface area contributed by atoms with Crippen LogP contribution >= 0.6 is 0 Å². The van der Waals surface area contributed by atoms with Gasteiger partial charge in [-0.25, -0.2) is 13.4 Å². The molecule has 1 unspecified atom stereocenters. The van der Waals surface area contributed by atoms with E-state index >= 15 is 0 Å². The molecule has 0 saturated heterocycles. The summed E-state index contributed by atoms with van der Waals surface area (Å²) in [5, 5.41) is 3.60. The molecule has 6 nitrogen and oxygen atoms in total. The van der Waals surface area contributed by atoms with Gasteiger partial charge in [-0.3, -0.25) is 4.79 Å². The molecule has 2 aromatic carbocycles. The molecule has 26 heavy (non-hydrogen) atoms. The molecule has 0 aliphatic rings. The predicted octanol–water partition coefficient (Wildman–Crippen LogP) is 2.85. The number of sulfonamides is 1. The van der Waals surface area contributed by atoms with Gasteiger partial charge in [-0.15, -0.1) is 0 Å². The van der Waals surface area contributed by atoms with E-state index in [1.165, 1.54) is 19.1 Å². The molecular formula is C19H19N3O3S. The highest BCUT2D eigenvalue weighted by atomic mass is 32.2. The minimum Gasteiger partial charge on any atom is -0.309 e. The van der Waals surface area contributed by atoms with Crippen molar-refractivity contribution in [2.45, 2.75) is 24.8 Å². The van der Waals surface area contributed by atoms with E-state index in [1.54, 1.807) is 18.2 Å². The van der Waals surface area contributed by atoms with Crippen LogP contribution in [0.4, 0.5) is 5.82 Å². The van der Waals surface area contributed by atoms with Gasteiger partial charge in [0.2, 0.25) is 15.9 Å². The van der Waals surface area contributed by atoms with Crippen molar-refractivity contribution in [1.82, 2.24) is 9.71 Å². The lowest BCUT2D eigenvalue weighted by atomic mass is 10.2. The lowest BCUT2D eigenvalue weighted by Crippen LogP contribution is -2.41. The van der Waals surface area contributed by atoms with Crippen molar-refractivity contribution in [2.75, 3.05) is 5.32 Å². The molecule has 2 N–H and O–H groups in total. The number of nitrogens with one attached hydrogen (secondary N) is 2. The Balaban J connectivity index is 1.71. The number of anilines is 1. The number of amides is 1. The van der Waals surface area contributed by atoms with Gasteiger partial charge in [0.25, 0.3) is 0 Å². The monoisotopic (exact) mass is 369 g/mol. The lowest BCUT2D eigenvalue weighted by Gasteiger charge is -2.14. The minimum absolute atomic E-state index is 0.117. The van der Waals surface area contributed by atoms with Crippen LogP contribution in [-0.4, -0.2) is 25.4 Å². The summed E-state index contributed by atoms with van der Waals surface area (Å²) in [5.74, 6) is -0.112. The Bertz CT molecular complexity index is 1050. The molecule has 0 bridgehead atoms. The summed E-state index contributed by atoms with van der Waals surface area (Å²) in [6.07, 6.45) is 0. The van der Waals surface area contributed by atoms with Gasteiger partial charge in [0, 0.05) is 5.39 Å². The largest absolute Gasteiger partial charge is 0.309 e. The number of carbonyl (C=O) groups is 1. The Hall–Kier alpha value is -2.77. The van der Waals surface area contributed by atoms with Crippen LogP contribution in [0.5, 0.6) is 0 Å². The maximum Gasteiger partial charge on any atom is 0.243 e. The Labute approximate surface area is 152 Å². The number of rotatable bonds is 5. The molecule has 1 atom stereocenters. The van der Waals surface area contributed by atoms with Crippen LogP contribution in [-0.2, 0) is 14.8 Å². The van der Waals surface area contributed by atoms with Crippen LogP contribution < -0.4 is 10.0 Å². The van der Waals surface area contributed by atoms with E-state index in [9.17, 15) is 13.2 Å². The van der Waals surface area contributed by atoms with E-state index in [2.05, 4.69) is 15.0 Å². The lowest BCUT2D eigenvalue weighted by molar-refractivity contribution is -0.117. The van der Waals surface area contributed by atoms with Gasteiger partial charge < -0.3 is 5.32 Å². The zero-order valence-corrected chi connectivity index (χ0v) is 15.2. The van der Waals surface area contributed by atoms with Crippen LogP contribution in [0.2, 0.25) is 0 Å². The smallest absolute Gasteiger partial charge is 0.243 e. The third-order valence-corrected chi connectivity index (χ3v) is 5.46. The van der Waals surface area contributed by atoms with E-state index in [1.807, 2.05) is 37.3 Å². The molecule has 134 valence electrons. The number of hydrogen-bond donors (Lipinski definition) is 2. The second-order valence-electron chi connectivity index (χ2n) is 6.03. The summed E-state index contributed by atoms with van der Waals surface area (Å²) in [6, 6.07) is 16.5. The third kappa shape index (κ3) is 4.07. The van der Waals surface area contributed by atoms with Crippen molar-refractivity contribution in [3.8, 4) is 0 Å². The van der Waals surface area contributed by atoms with E-state index in [0.717, 1.165) is 16.5 Å². The van der Waals surface area contributed by atoms with Gasteiger partial charge in [0.05, 0.1) is 16.5 Å². The summed E-state index contributed by atoms with van der Waals surface area (Å²) in [7, 11) is -3.78. The molecular weight excluding hydrogens is 350 g/mol. The molecule has 0 aliphatic heterocycles. The van der Waals surface area contributed by atoms with Crippen molar-refractivity contribution >= 4 is 32.7 Å². The Morgan fingerprint density at radius 2 is 1.69 bits per heavy atom. The van der Waals surface area contributed by atoms with Gasteiger partial charge in [-0.05, 0) is 44.2 Å². The maximum absolute atomic E-state index is 12.4. The number of aromatic nitrogens is 1. The molecule has 7 heteroatoms. The first kappa shape index (κ1) is 18.0. The molecule has 3 rings (SSSR count). The SMILES string of the molecule is Cc1ccc(S(=O)(=O)NC(C)C(=O)Nc2ccc3ccccc3n2)cc1. The number of fused-ring (bicyclic) bond motifs is 1. The first-order valence-corrected chi connectivity index (χ1v) is 9.59. The molecule has 0 spiro atoms. The number of benzene rings is 2. The highest BCUT2D eigenvalue weighted by molar-refractivity contribution is 7.89. The fourth-order valence-electron chi connectivity index (χ4n) is 2.44. The Kier molecular flexibility index (Phi) is 5.01. The van der Waals surface area contributed by atoms with Crippen LogP contribution in [0.15, 0.2) is 65.6 Å². The Morgan fingerprint density at radius 3 is 2.42 bits per heavy atom. The van der Waals surface area contributed by atoms with Gasteiger partial charge in [0.1, 0.15) is 5.82 Å². The van der Waals surface area contributed by atoms with Crippen molar-refractivity contribution in [2.24, 2.45) is 0 Å². The molecule has 0 radical (unpaired) electrons. The van der Waals surface area contributed by atoms with Crippen molar-refractivity contribution < 1.29 is 13.2 Å². The zero-order chi connectivity index (χ0) is 18.7. The predicted molar refractivity (Wildman–Crippen MR) is 101 cm³/mol. The van der Waals surface area contributed by atoms with Crippen molar-refractivity contribution in [3.63, 3.8) is 0 Å². The summed E-state index contributed by atoms with van der Waals surface area (Å²) < 4.78 is 27.1. The first-order valence-electron chi connectivity index (χ1n) is 8.11. The molecule has 3 aromatic rings. The average Bonchev–Trinajstić information content (AvgIpc) is 2.61. The van der Waals surface area contributed by atoms with Crippen molar-refractivity contribution in [1.29, 1.82) is 0 Å². The zero-order valence-electron chi connectivity index (χ0n) is 14.4. The van der Waals surface area contributed by atoms with Gasteiger partial charge in [0.15, 0.2) is 0 Å². The quantitative estimate of drug-likeness (QED) is 0.724. The highest BCUT2D eigenvalue weighted by Crippen LogP contribution is 2.15. The first-order chi connectivity index (χ1) is 12.3. The minimum atomic E-state index is -3.78. The molecule has 0 aliphatic carbocycles. The number of aryl methyl sites for hydroxylation is 1. The topological polar surface area (TPSA) is 88.2 Å². The molecule has 1 amide bonds. The summed E-state index contributed by atoms with van der Waals surface area (Å²) in [4.78, 5) is 16.8. The fourth-order valence-corrected chi connectivity index (χ4v) is 3.64. The van der Waals surface area contributed by atoms with E-state index < -0.39 is 22.0 Å². The van der Waals surface area contributed by atoms with Crippen LogP contribution in [0.3, 0.4) is 0 Å². The molecule has 0 saturated carbocycles. The second kappa shape index (κ2) is 7.23. The fraction of sp³-hybridized carbons (Fsp3) is 0.158. The number of pyridine rings is 1. The summed E-state index contributed by atoms with van der Waals surface area (Å²) in [5.41, 5.74) is 1.70. The number of hydrogen-bond acceptors (Lipinski definition) is 4. The maximum atomic E-state index is 12.4. The van der Waals surface area contributed by atoms with Crippen molar-refractivity contribution in [3.05, 3.63) is 66.2 Å². The Morgan fingerprint density at radius 1 is 1.00 bits per heavy atom. The molecule has 1 aromatic heterocycles. The van der Waals surface area contributed by atoms with Crippen LogP contribution in [0.25, 0.3) is 10.9 Å². The second-order valence-corrected chi connectivity index (χ2v) is 7.75. The summed E-state index contributed by atoms with van der Waals surface area (Å²) >= 11 is 0.